The third kappa shape index (κ3) is 3.13. The van der Waals surface area contributed by atoms with Gasteiger partial charge in [-0.25, -0.2) is 0 Å². The van der Waals surface area contributed by atoms with Crippen LogP contribution in [-0.2, 0) is 6.61 Å². The zero-order valence-electron chi connectivity index (χ0n) is 8.56. The molecule has 0 fully saturated rings. The highest BCUT2D eigenvalue weighted by Crippen LogP contribution is 2.16. The average molecular weight is 326 g/mol. The summed E-state index contributed by atoms with van der Waals surface area (Å²) >= 11 is 2.26. The van der Waals surface area contributed by atoms with Gasteiger partial charge in [-0.15, -0.1) is 0 Å². The molecule has 16 heavy (non-hydrogen) atoms. The number of hydrogen-bond donors (Lipinski definition) is 1. The maximum atomic E-state index is 9.13. The molecule has 0 unspecified atom stereocenters. The Kier molecular flexibility index (Phi) is 3.66. The molecule has 0 radical (unpaired) electrons. The van der Waals surface area contributed by atoms with Crippen molar-refractivity contribution in [1.82, 2.24) is 0 Å². The number of halogens is 1. The second-order valence-corrected chi connectivity index (χ2v) is 4.65. The van der Waals surface area contributed by atoms with Crippen LogP contribution in [-0.4, -0.2) is 5.11 Å². The third-order valence-electron chi connectivity index (χ3n) is 2.16. The van der Waals surface area contributed by atoms with Gasteiger partial charge in [0, 0.05) is 3.57 Å². The number of hydrogen-bond acceptors (Lipinski definition) is 2. The monoisotopic (exact) mass is 326 g/mol. The Bertz CT molecular complexity index is 403. The van der Waals surface area contributed by atoms with E-state index >= 15 is 0 Å². The van der Waals surface area contributed by atoms with Crippen molar-refractivity contribution >= 4 is 22.6 Å². The van der Waals surface area contributed by atoms with Gasteiger partial charge >= 0.3 is 0 Å². The van der Waals surface area contributed by atoms with E-state index in [2.05, 4.69) is 22.6 Å². The minimum absolute atomic E-state index is 0.276. The summed E-state index contributed by atoms with van der Waals surface area (Å²) in [6.07, 6.45) is 0. The van der Waals surface area contributed by atoms with Gasteiger partial charge in [0.2, 0.25) is 0 Å². The van der Waals surface area contributed by atoms with Crippen molar-refractivity contribution in [2.24, 2.45) is 0 Å². The Hall–Kier alpha value is -1.23. The number of phenols is 1. The molecule has 0 amide bonds. The molecular weight excluding hydrogens is 315 g/mol. The Morgan fingerprint density at radius 1 is 0.938 bits per heavy atom. The van der Waals surface area contributed by atoms with Crippen LogP contribution in [0.15, 0.2) is 48.5 Å². The highest BCUT2D eigenvalue weighted by molar-refractivity contribution is 14.1. The molecule has 0 spiro atoms. The second-order valence-electron chi connectivity index (χ2n) is 3.41. The summed E-state index contributed by atoms with van der Waals surface area (Å²) in [6.45, 7) is 0.515. The first-order valence-corrected chi connectivity index (χ1v) is 5.98. The number of ether oxygens (including phenoxy) is 1. The first-order chi connectivity index (χ1) is 7.74. The quantitative estimate of drug-likeness (QED) is 0.874. The van der Waals surface area contributed by atoms with E-state index in [0.29, 0.717) is 6.61 Å². The minimum atomic E-state index is 0.276. The van der Waals surface area contributed by atoms with Crippen LogP contribution in [0.2, 0.25) is 0 Å². The summed E-state index contributed by atoms with van der Waals surface area (Å²) in [7, 11) is 0. The largest absolute Gasteiger partial charge is 0.508 e. The van der Waals surface area contributed by atoms with Gasteiger partial charge in [-0.1, -0.05) is 12.1 Å². The van der Waals surface area contributed by atoms with Crippen molar-refractivity contribution in [2.45, 2.75) is 6.61 Å². The molecule has 0 bridgehead atoms. The molecule has 0 aliphatic carbocycles. The summed E-state index contributed by atoms with van der Waals surface area (Å²) in [6, 6.07) is 14.9. The van der Waals surface area contributed by atoms with Gasteiger partial charge in [0.15, 0.2) is 0 Å². The Morgan fingerprint density at radius 3 is 2.19 bits per heavy atom. The van der Waals surface area contributed by atoms with Crippen molar-refractivity contribution in [2.75, 3.05) is 0 Å². The summed E-state index contributed by atoms with van der Waals surface area (Å²) < 4.78 is 6.79. The van der Waals surface area contributed by atoms with Gasteiger partial charge in [0.25, 0.3) is 0 Å². The molecule has 0 saturated heterocycles. The smallest absolute Gasteiger partial charge is 0.119 e. The Morgan fingerprint density at radius 2 is 1.56 bits per heavy atom. The lowest BCUT2D eigenvalue weighted by atomic mass is 10.2. The minimum Gasteiger partial charge on any atom is -0.508 e. The molecule has 0 saturated carbocycles. The Labute approximate surface area is 108 Å². The molecule has 3 heteroatoms. The molecule has 2 nitrogen and oxygen atoms in total. The number of phenolic OH excluding ortho intramolecular Hbond substituents is 1. The first kappa shape index (κ1) is 11.3. The number of benzene rings is 2. The predicted octanol–water partition coefficient (Wildman–Crippen LogP) is 3.58. The maximum absolute atomic E-state index is 9.13. The van der Waals surface area contributed by atoms with Crippen LogP contribution >= 0.6 is 22.6 Å². The van der Waals surface area contributed by atoms with Crippen molar-refractivity contribution in [3.05, 3.63) is 57.7 Å². The molecule has 2 aromatic carbocycles. The average Bonchev–Trinajstić information content (AvgIpc) is 2.30. The maximum Gasteiger partial charge on any atom is 0.119 e. The van der Waals surface area contributed by atoms with Gasteiger partial charge in [-0.2, -0.15) is 0 Å². The van der Waals surface area contributed by atoms with Crippen LogP contribution in [0.25, 0.3) is 0 Å². The van der Waals surface area contributed by atoms with Crippen molar-refractivity contribution in [1.29, 1.82) is 0 Å². The molecule has 0 heterocycles. The molecule has 2 aromatic rings. The summed E-state index contributed by atoms with van der Waals surface area (Å²) in [5.41, 5.74) is 1.04. The molecule has 0 atom stereocenters. The van der Waals surface area contributed by atoms with Crippen LogP contribution in [0, 0.1) is 3.57 Å². The molecule has 0 aliphatic heterocycles. The molecule has 82 valence electrons. The van der Waals surface area contributed by atoms with E-state index in [4.69, 9.17) is 9.84 Å². The summed E-state index contributed by atoms with van der Waals surface area (Å²) in [5.74, 6) is 1.13. The third-order valence-corrected chi connectivity index (χ3v) is 2.87. The van der Waals surface area contributed by atoms with Crippen molar-refractivity contribution in [3.63, 3.8) is 0 Å². The van der Waals surface area contributed by atoms with Crippen molar-refractivity contribution < 1.29 is 9.84 Å². The second kappa shape index (κ2) is 5.21. The van der Waals surface area contributed by atoms with Crippen molar-refractivity contribution in [3.8, 4) is 11.5 Å². The van der Waals surface area contributed by atoms with Gasteiger partial charge < -0.3 is 9.84 Å². The van der Waals surface area contributed by atoms with E-state index in [-0.39, 0.29) is 5.75 Å². The first-order valence-electron chi connectivity index (χ1n) is 4.90. The molecule has 1 N–H and O–H groups in total. The van der Waals surface area contributed by atoms with Crippen LogP contribution in [0.5, 0.6) is 11.5 Å². The van der Waals surface area contributed by atoms with E-state index in [1.54, 1.807) is 12.1 Å². The lowest BCUT2D eigenvalue weighted by molar-refractivity contribution is 0.306. The van der Waals surface area contributed by atoms with Gasteiger partial charge in [-0.3, -0.25) is 0 Å². The van der Waals surface area contributed by atoms with Gasteiger partial charge in [-0.05, 0) is 64.6 Å². The fraction of sp³-hybridized carbons (Fsp3) is 0.0769. The van der Waals surface area contributed by atoms with Gasteiger partial charge in [0.05, 0.1) is 0 Å². The fourth-order valence-electron chi connectivity index (χ4n) is 1.29. The fourth-order valence-corrected chi connectivity index (χ4v) is 1.65. The van der Waals surface area contributed by atoms with E-state index in [9.17, 15) is 0 Å². The highest BCUT2D eigenvalue weighted by atomic mass is 127. The van der Waals surface area contributed by atoms with Crippen LogP contribution in [0.1, 0.15) is 5.56 Å². The Balaban J connectivity index is 1.97. The predicted molar refractivity (Wildman–Crippen MR) is 71.6 cm³/mol. The van der Waals surface area contributed by atoms with Crippen LogP contribution in [0.3, 0.4) is 0 Å². The summed E-state index contributed by atoms with van der Waals surface area (Å²) in [4.78, 5) is 0. The zero-order chi connectivity index (χ0) is 11.4. The topological polar surface area (TPSA) is 29.5 Å². The number of rotatable bonds is 3. The van der Waals surface area contributed by atoms with Crippen LogP contribution < -0.4 is 4.74 Å². The zero-order valence-corrected chi connectivity index (χ0v) is 10.7. The van der Waals surface area contributed by atoms with E-state index in [0.717, 1.165) is 11.3 Å². The van der Waals surface area contributed by atoms with E-state index in [1.807, 2.05) is 36.4 Å². The standard InChI is InChI=1S/C13H11IO2/c14-11-3-7-13(8-4-11)16-9-10-1-5-12(15)6-2-10/h1-8,15H,9H2. The molecule has 2 rings (SSSR count). The van der Waals surface area contributed by atoms with Gasteiger partial charge in [0.1, 0.15) is 18.1 Å². The SMILES string of the molecule is Oc1ccc(COc2ccc(I)cc2)cc1. The molecule has 0 aliphatic rings. The van der Waals surface area contributed by atoms with Crippen LogP contribution in [0.4, 0.5) is 0 Å². The lowest BCUT2D eigenvalue weighted by Gasteiger charge is -2.06. The van der Waals surface area contributed by atoms with E-state index in [1.165, 1.54) is 3.57 Å². The molecular formula is C13H11IO2. The highest BCUT2D eigenvalue weighted by Gasteiger charge is 1.96. The molecule has 0 aromatic heterocycles. The number of aromatic hydroxyl groups is 1. The van der Waals surface area contributed by atoms with E-state index < -0.39 is 0 Å². The lowest BCUT2D eigenvalue weighted by Crippen LogP contribution is -1.94. The normalized spacial score (nSPS) is 10.1. The summed E-state index contributed by atoms with van der Waals surface area (Å²) in [5, 5.41) is 9.13.